The van der Waals surface area contributed by atoms with E-state index in [2.05, 4.69) is 13.8 Å². The van der Waals surface area contributed by atoms with E-state index < -0.39 is 11.4 Å². The Kier molecular flexibility index (Phi) is 4.58. The predicted molar refractivity (Wildman–Crippen MR) is 65.7 cm³/mol. The summed E-state index contributed by atoms with van der Waals surface area (Å²) in [4.78, 5) is 0. The second-order valence-electron chi connectivity index (χ2n) is 6.38. The van der Waals surface area contributed by atoms with Crippen LogP contribution in [0.1, 0.15) is 47.0 Å². The Bertz CT molecular complexity index is 238. The molecular formula is C13H26O4. The second kappa shape index (κ2) is 5.22. The van der Waals surface area contributed by atoms with E-state index in [1.54, 1.807) is 6.92 Å². The van der Waals surface area contributed by atoms with E-state index in [1.165, 1.54) is 0 Å². The molecule has 0 aromatic rings. The molecular weight excluding hydrogens is 220 g/mol. The Balaban J connectivity index is 2.32. The summed E-state index contributed by atoms with van der Waals surface area (Å²) in [5, 5.41) is 18.6. The lowest BCUT2D eigenvalue weighted by Crippen LogP contribution is -2.45. The third-order valence-corrected chi connectivity index (χ3v) is 3.22. The standard InChI is InChI=1S/C13H26O4/c1-11(2)9-16-13(4,17-10-11)7-5-6-12(3,15)8-14/h14-15H,5-10H2,1-4H3/t12-/m1/s1. The summed E-state index contributed by atoms with van der Waals surface area (Å²) in [5.74, 6) is -0.541. The molecule has 102 valence electrons. The van der Waals surface area contributed by atoms with Crippen LogP contribution in [0.3, 0.4) is 0 Å². The summed E-state index contributed by atoms with van der Waals surface area (Å²) in [6.07, 6.45) is 2.05. The van der Waals surface area contributed by atoms with E-state index in [-0.39, 0.29) is 12.0 Å². The smallest absolute Gasteiger partial charge is 0.165 e. The fraction of sp³-hybridized carbons (Fsp3) is 1.00. The number of rotatable bonds is 5. The minimum atomic E-state index is -0.996. The van der Waals surface area contributed by atoms with Gasteiger partial charge in [0.25, 0.3) is 0 Å². The lowest BCUT2D eigenvalue weighted by molar-refractivity contribution is -0.292. The highest BCUT2D eigenvalue weighted by molar-refractivity contribution is 4.79. The molecule has 0 saturated carbocycles. The van der Waals surface area contributed by atoms with Crippen molar-refractivity contribution in [1.82, 2.24) is 0 Å². The van der Waals surface area contributed by atoms with Crippen molar-refractivity contribution in [2.45, 2.75) is 58.3 Å². The van der Waals surface area contributed by atoms with Crippen molar-refractivity contribution in [3.63, 3.8) is 0 Å². The highest BCUT2D eigenvalue weighted by atomic mass is 16.7. The van der Waals surface area contributed by atoms with E-state index >= 15 is 0 Å². The number of ether oxygens (including phenoxy) is 2. The van der Waals surface area contributed by atoms with Crippen LogP contribution < -0.4 is 0 Å². The Morgan fingerprint density at radius 3 is 2.18 bits per heavy atom. The van der Waals surface area contributed by atoms with E-state index in [4.69, 9.17) is 14.6 Å². The van der Waals surface area contributed by atoms with E-state index in [0.717, 1.165) is 12.8 Å². The maximum absolute atomic E-state index is 9.69. The number of hydrogen-bond donors (Lipinski definition) is 2. The van der Waals surface area contributed by atoms with Crippen LogP contribution in [0.15, 0.2) is 0 Å². The van der Waals surface area contributed by atoms with Gasteiger partial charge in [-0.25, -0.2) is 0 Å². The van der Waals surface area contributed by atoms with Gasteiger partial charge in [0.2, 0.25) is 0 Å². The first kappa shape index (κ1) is 14.9. The van der Waals surface area contributed by atoms with Crippen LogP contribution in [0.25, 0.3) is 0 Å². The Labute approximate surface area is 104 Å². The first-order valence-electron chi connectivity index (χ1n) is 6.29. The SMILES string of the molecule is CC1(C)COC(C)(CCC[C@@](C)(O)CO)OC1. The van der Waals surface area contributed by atoms with Gasteiger partial charge in [0.05, 0.1) is 25.4 Å². The van der Waals surface area contributed by atoms with Gasteiger partial charge in [-0.3, -0.25) is 0 Å². The Morgan fingerprint density at radius 2 is 1.71 bits per heavy atom. The summed E-state index contributed by atoms with van der Waals surface area (Å²) in [7, 11) is 0. The van der Waals surface area contributed by atoms with E-state index in [0.29, 0.717) is 19.6 Å². The van der Waals surface area contributed by atoms with Gasteiger partial charge in [0.15, 0.2) is 5.79 Å². The molecule has 0 unspecified atom stereocenters. The minimum absolute atomic E-state index is 0.0795. The molecule has 4 nitrogen and oxygen atoms in total. The highest BCUT2D eigenvalue weighted by Gasteiger charge is 2.36. The van der Waals surface area contributed by atoms with Gasteiger partial charge >= 0.3 is 0 Å². The molecule has 0 radical (unpaired) electrons. The maximum atomic E-state index is 9.69. The van der Waals surface area contributed by atoms with Gasteiger partial charge in [-0.15, -0.1) is 0 Å². The Morgan fingerprint density at radius 1 is 1.18 bits per heavy atom. The highest BCUT2D eigenvalue weighted by Crippen LogP contribution is 2.32. The third kappa shape index (κ3) is 4.92. The molecule has 17 heavy (non-hydrogen) atoms. The quantitative estimate of drug-likeness (QED) is 0.775. The van der Waals surface area contributed by atoms with Gasteiger partial charge < -0.3 is 19.7 Å². The average molecular weight is 246 g/mol. The van der Waals surface area contributed by atoms with Crippen molar-refractivity contribution in [2.75, 3.05) is 19.8 Å². The molecule has 0 bridgehead atoms. The van der Waals surface area contributed by atoms with Gasteiger partial charge in [-0.05, 0) is 26.7 Å². The van der Waals surface area contributed by atoms with E-state index in [1.807, 2.05) is 6.92 Å². The monoisotopic (exact) mass is 246 g/mol. The van der Waals surface area contributed by atoms with Crippen LogP contribution >= 0.6 is 0 Å². The summed E-state index contributed by atoms with van der Waals surface area (Å²) < 4.78 is 11.5. The molecule has 1 saturated heterocycles. The molecule has 1 heterocycles. The second-order valence-corrected chi connectivity index (χ2v) is 6.38. The van der Waals surface area contributed by atoms with Crippen LogP contribution in [0, 0.1) is 5.41 Å². The van der Waals surface area contributed by atoms with Gasteiger partial charge in [0, 0.05) is 11.8 Å². The molecule has 0 aromatic heterocycles. The van der Waals surface area contributed by atoms with Crippen molar-refractivity contribution < 1.29 is 19.7 Å². The van der Waals surface area contributed by atoms with Crippen LogP contribution in [-0.4, -0.2) is 41.4 Å². The molecule has 2 N–H and O–H groups in total. The van der Waals surface area contributed by atoms with E-state index in [9.17, 15) is 5.11 Å². The molecule has 4 heteroatoms. The first-order chi connectivity index (χ1) is 7.68. The molecule has 1 atom stereocenters. The fourth-order valence-electron chi connectivity index (χ4n) is 1.79. The normalized spacial score (nSPS) is 26.5. The zero-order chi connectivity index (χ0) is 13.2. The summed E-state index contributed by atoms with van der Waals surface area (Å²) >= 11 is 0. The zero-order valence-corrected chi connectivity index (χ0v) is 11.5. The topological polar surface area (TPSA) is 58.9 Å². The van der Waals surface area contributed by atoms with Crippen molar-refractivity contribution in [3.05, 3.63) is 0 Å². The molecule has 1 rings (SSSR count). The summed E-state index contributed by atoms with van der Waals surface area (Å²) in [6, 6.07) is 0. The fourth-order valence-corrected chi connectivity index (χ4v) is 1.79. The number of hydrogen-bond acceptors (Lipinski definition) is 4. The zero-order valence-electron chi connectivity index (χ0n) is 11.5. The largest absolute Gasteiger partial charge is 0.393 e. The maximum Gasteiger partial charge on any atom is 0.165 e. The minimum Gasteiger partial charge on any atom is -0.393 e. The third-order valence-electron chi connectivity index (χ3n) is 3.22. The molecule has 1 aliphatic rings. The lowest BCUT2D eigenvalue weighted by Gasteiger charge is -2.41. The molecule has 0 aromatic carbocycles. The molecule has 1 aliphatic heterocycles. The lowest BCUT2D eigenvalue weighted by atomic mass is 9.93. The van der Waals surface area contributed by atoms with Crippen molar-refractivity contribution in [3.8, 4) is 0 Å². The molecule has 0 aliphatic carbocycles. The average Bonchev–Trinajstić information content (AvgIpc) is 2.23. The van der Waals surface area contributed by atoms with Crippen LogP contribution in [-0.2, 0) is 9.47 Å². The Hall–Kier alpha value is -0.160. The molecule has 0 amide bonds. The predicted octanol–water partition coefficient (Wildman–Crippen LogP) is 1.69. The van der Waals surface area contributed by atoms with Crippen molar-refractivity contribution in [1.29, 1.82) is 0 Å². The number of aliphatic hydroxyl groups excluding tert-OH is 1. The summed E-state index contributed by atoms with van der Waals surface area (Å²) in [5.41, 5.74) is -0.916. The van der Waals surface area contributed by atoms with Gasteiger partial charge in [-0.1, -0.05) is 13.8 Å². The van der Waals surface area contributed by atoms with Gasteiger partial charge in [0.1, 0.15) is 0 Å². The van der Waals surface area contributed by atoms with Crippen LogP contribution in [0.4, 0.5) is 0 Å². The van der Waals surface area contributed by atoms with Gasteiger partial charge in [-0.2, -0.15) is 0 Å². The molecule has 1 fully saturated rings. The number of aliphatic hydroxyl groups is 2. The van der Waals surface area contributed by atoms with Crippen LogP contribution in [0.5, 0.6) is 0 Å². The van der Waals surface area contributed by atoms with Crippen molar-refractivity contribution in [2.24, 2.45) is 5.41 Å². The summed E-state index contributed by atoms with van der Waals surface area (Å²) in [6.45, 7) is 8.99. The first-order valence-corrected chi connectivity index (χ1v) is 6.29. The molecule has 0 spiro atoms. The van der Waals surface area contributed by atoms with Crippen molar-refractivity contribution >= 4 is 0 Å². The van der Waals surface area contributed by atoms with Crippen LogP contribution in [0.2, 0.25) is 0 Å².